The van der Waals surface area contributed by atoms with Gasteiger partial charge >= 0.3 is 0 Å². The minimum Gasteiger partial charge on any atom is -0.496 e. The van der Waals surface area contributed by atoms with E-state index < -0.39 is 0 Å². The van der Waals surface area contributed by atoms with E-state index in [1.54, 1.807) is 7.11 Å². The zero-order valence-corrected chi connectivity index (χ0v) is 18.7. The Bertz CT molecular complexity index is 1190. The van der Waals surface area contributed by atoms with Crippen molar-refractivity contribution in [3.05, 3.63) is 74.5 Å². The molecule has 28 heavy (non-hydrogen) atoms. The van der Waals surface area contributed by atoms with Crippen molar-refractivity contribution in [2.45, 2.75) is 0 Å². The Kier molecular flexibility index (Phi) is 5.48. The Morgan fingerprint density at radius 3 is 2.61 bits per heavy atom. The topological polar surface area (TPSA) is 51.2 Å². The number of fused-ring (bicyclic) bond motifs is 1. The fourth-order valence-corrected chi connectivity index (χ4v) is 4.68. The number of methoxy groups -OCH3 is 1. The van der Waals surface area contributed by atoms with Crippen molar-refractivity contribution >= 4 is 65.0 Å². The highest BCUT2D eigenvalue weighted by Gasteiger charge is 2.14. The van der Waals surface area contributed by atoms with Crippen LogP contribution in [-0.2, 0) is 0 Å². The molecule has 1 aromatic heterocycles. The first-order valence-electron chi connectivity index (χ1n) is 8.35. The number of carbonyl (C=O) groups excluding carboxylic acids is 1. The fraction of sp³-hybridized carbons (Fsp3) is 0.0476. The molecule has 0 radical (unpaired) electrons. The van der Waals surface area contributed by atoms with Gasteiger partial charge in [-0.3, -0.25) is 10.1 Å². The van der Waals surface area contributed by atoms with E-state index in [2.05, 4.69) is 42.2 Å². The number of nitrogens with zero attached hydrogens (tertiary/aromatic N) is 1. The highest BCUT2D eigenvalue weighted by Crippen LogP contribution is 2.32. The van der Waals surface area contributed by atoms with Crippen LogP contribution in [0.5, 0.6) is 5.75 Å². The van der Waals surface area contributed by atoms with E-state index in [0.717, 1.165) is 36.7 Å². The van der Waals surface area contributed by atoms with Crippen molar-refractivity contribution in [2.24, 2.45) is 0 Å². The third-order valence-corrected chi connectivity index (χ3v) is 6.35. The summed E-state index contributed by atoms with van der Waals surface area (Å²) >= 11 is 8.42. The van der Waals surface area contributed by atoms with E-state index in [-0.39, 0.29) is 5.91 Å². The Balaban J connectivity index is 1.60. The predicted octanol–water partition coefficient (Wildman–Crippen LogP) is 6.75. The molecule has 4 nitrogen and oxygen atoms in total. The molecule has 1 amide bonds. The van der Waals surface area contributed by atoms with Crippen molar-refractivity contribution in [3.63, 3.8) is 0 Å². The largest absolute Gasteiger partial charge is 0.496 e. The molecular formula is C21H14Br2N2O2S. The first-order valence-corrected chi connectivity index (χ1v) is 10.8. The summed E-state index contributed by atoms with van der Waals surface area (Å²) < 4.78 is 7.07. The third-order valence-electron chi connectivity index (χ3n) is 4.29. The quantitative estimate of drug-likeness (QED) is 0.325. The second-order valence-electron chi connectivity index (χ2n) is 5.98. The molecule has 4 rings (SSSR count). The molecule has 3 aromatic carbocycles. The van der Waals surface area contributed by atoms with Crippen molar-refractivity contribution in [1.29, 1.82) is 0 Å². The van der Waals surface area contributed by atoms with Crippen LogP contribution in [0, 0.1) is 0 Å². The van der Waals surface area contributed by atoms with E-state index >= 15 is 0 Å². The molecule has 0 spiro atoms. The smallest absolute Gasteiger partial charge is 0.258 e. The lowest BCUT2D eigenvalue weighted by Crippen LogP contribution is -2.12. The van der Waals surface area contributed by atoms with Gasteiger partial charge in [0.2, 0.25) is 0 Å². The standard InChI is InChI=1S/C21H14Br2N2O2S/c1-27-19-9-8-12(10-17(19)23)18-11-28-21(24-18)25-20(26)15-6-2-5-14-13(15)4-3-7-16(14)22/h2-11H,1H3,(H,24,25,26). The third kappa shape index (κ3) is 3.70. The number of hydrogen-bond acceptors (Lipinski definition) is 4. The van der Waals surface area contributed by atoms with Crippen LogP contribution in [0.2, 0.25) is 0 Å². The first-order chi connectivity index (χ1) is 13.6. The lowest BCUT2D eigenvalue weighted by atomic mass is 10.0. The zero-order valence-electron chi connectivity index (χ0n) is 14.7. The van der Waals surface area contributed by atoms with Gasteiger partial charge in [-0.05, 0) is 57.0 Å². The minimum atomic E-state index is -0.180. The average molecular weight is 518 g/mol. The van der Waals surface area contributed by atoms with Crippen LogP contribution in [-0.4, -0.2) is 18.0 Å². The van der Waals surface area contributed by atoms with Gasteiger partial charge < -0.3 is 4.74 Å². The maximum atomic E-state index is 12.8. The van der Waals surface area contributed by atoms with Gasteiger partial charge in [0.05, 0.1) is 17.3 Å². The number of amides is 1. The molecule has 1 N–H and O–H groups in total. The maximum Gasteiger partial charge on any atom is 0.258 e. The molecule has 0 saturated carbocycles. The highest BCUT2D eigenvalue weighted by atomic mass is 79.9. The van der Waals surface area contributed by atoms with Gasteiger partial charge in [0.15, 0.2) is 5.13 Å². The van der Waals surface area contributed by atoms with Crippen LogP contribution in [0.3, 0.4) is 0 Å². The van der Waals surface area contributed by atoms with Gasteiger partial charge in [-0.2, -0.15) is 0 Å². The lowest BCUT2D eigenvalue weighted by molar-refractivity contribution is 0.102. The van der Waals surface area contributed by atoms with E-state index in [0.29, 0.717) is 10.7 Å². The molecule has 0 atom stereocenters. The normalized spacial score (nSPS) is 10.8. The number of hydrogen-bond donors (Lipinski definition) is 1. The van der Waals surface area contributed by atoms with Gasteiger partial charge in [-0.1, -0.05) is 40.2 Å². The molecule has 0 bridgehead atoms. The van der Waals surface area contributed by atoms with Crippen LogP contribution in [0.25, 0.3) is 22.0 Å². The summed E-state index contributed by atoms with van der Waals surface area (Å²) in [5.74, 6) is 0.579. The molecule has 0 aliphatic carbocycles. The highest BCUT2D eigenvalue weighted by molar-refractivity contribution is 9.11. The Labute approximate surface area is 182 Å². The number of thiazole rings is 1. The number of aromatic nitrogens is 1. The Morgan fingerprint density at radius 1 is 1.04 bits per heavy atom. The summed E-state index contributed by atoms with van der Waals surface area (Å²) in [5.41, 5.74) is 2.35. The molecule has 7 heteroatoms. The summed E-state index contributed by atoms with van der Waals surface area (Å²) in [5, 5.41) is 7.28. The lowest BCUT2D eigenvalue weighted by Gasteiger charge is -2.07. The molecule has 0 fully saturated rings. The summed E-state index contributed by atoms with van der Waals surface area (Å²) in [7, 11) is 1.63. The molecule has 1 heterocycles. The molecule has 0 unspecified atom stereocenters. The van der Waals surface area contributed by atoms with Gasteiger partial charge in [0, 0.05) is 21.0 Å². The molecule has 0 aliphatic heterocycles. The number of nitrogens with one attached hydrogen (secondary N) is 1. The molecule has 140 valence electrons. The molecular weight excluding hydrogens is 504 g/mol. The summed E-state index contributed by atoms with van der Waals surface area (Å²) in [4.78, 5) is 17.4. The van der Waals surface area contributed by atoms with Crippen molar-refractivity contribution in [3.8, 4) is 17.0 Å². The van der Waals surface area contributed by atoms with E-state index in [1.165, 1.54) is 11.3 Å². The number of rotatable bonds is 4. The second-order valence-corrected chi connectivity index (χ2v) is 8.55. The summed E-state index contributed by atoms with van der Waals surface area (Å²) in [6.07, 6.45) is 0. The van der Waals surface area contributed by atoms with E-state index in [4.69, 9.17) is 4.74 Å². The second kappa shape index (κ2) is 8.03. The number of carbonyl (C=O) groups is 1. The van der Waals surface area contributed by atoms with Crippen LogP contribution in [0.1, 0.15) is 10.4 Å². The fourth-order valence-electron chi connectivity index (χ4n) is 2.92. The maximum absolute atomic E-state index is 12.8. The Morgan fingerprint density at radius 2 is 1.82 bits per heavy atom. The van der Waals surface area contributed by atoms with Crippen molar-refractivity contribution in [1.82, 2.24) is 4.98 Å². The van der Waals surface area contributed by atoms with Crippen molar-refractivity contribution in [2.75, 3.05) is 12.4 Å². The zero-order chi connectivity index (χ0) is 19.7. The predicted molar refractivity (Wildman–Crippen MR) is 121 cm³/mol. The van der Waals surface area contributed by atoms with Gasteiger partial charge in [0.25, 0.3) is 5.91 Å². The van der Waals surface area contributed by atoms with Crippen molar-refractivity contribution < 1.29 is 9.53 Å². The number of halogens is 2. The van der Waals surface area contributed by atoms with Gasteiger partial charge in [-0.15, -0.1) is 11.3 Å². The SMILES string of the molecule is COc1ccc(-c2csc(NC(=O)c3cccc4c(Br)cccc34)n2)cc1Br. The number of ether oxygens (including phenoxy) is 1. The average Bonchev–Trinajstić information content (AvgIpc) is 3.16. The van der Waals surface area contributed by atoms with Crippen LogP contribution in [0.4, 0.5) is 5.13 Å². The monoisotopic (exact) mass is 516 g/mol. The summed E-state index contributed by atoms with van der Waals surface area (Å²) in [6, 6.07) is 17.3. The molecule has 0 aliphatic rings. The molecule has 0 saturated heterocycles. The van der Waals surface area contributed by atoms with E-state index in [1.807, 2.05) is 60.0 Å². The Hall–Kier alpha value is -2.22. The number of anilines is 1. The summed E-state index contributed by atoms with van der Waals surface area (Å²) in [6.45, 7) is 0. The van der Waals surface area contributed by atoms with Crippen LogP contribution >= 0.6 is 43.2 Å². The first kappa shape index (κ1) is 19.1. The van der Waals surface area contributed by atoms with Crippen LogP contribution < -0.4 is 10.1 Å². The van der Waals surface area contributed by atoms with Crippen LogP contribution in [0.15, 0.2) is 68.9 Å². The number of benzene rings is 3. The molecule has 4 aromatic rings. The minimum absolute atomic E-state index is 0.180. The van der Waals surface area contributed by atoms with E-state index in [9.17, 15) is 4.79 Å². The van der Waals surface area contributed by atoms with Gasteiger partial charge in [-0.25, -0.2) is 4.98 Å². The van der Waals surface area contributed by atoms with Gasteiger partial charge in [0.1, 0.15) is 5.75 Å².